The monoisotopic (exact) mass is 446 g/mol. The van der Waals surface area contributed by atoms with Crippen molar-refractivity contribution in [3.63, 3.8) is 0 Å². The Hall–Kier alpha value is -3.24. The first kappa shape index (κ1) is 22.0. The van der Waals surface area contributed by atoms with Crippen molar-refractivity contribution in [1.82, 2.24) is 14.9 Å². The number of benzene rings is 2. The zero-order valence-electron chi connectivity index (χ0n) is 18.2. The summed E-state index contributed by atoms with van der Waals surface area (Å²) in [6.07, 6.45) is 3.80. The Morgan fingerprint density at radius 1 is 1.25 bits per heavy atom. The minimum Gasteiger partial charge on any atom is -0.494 e. The number of nitrogens with zero attached hydrogens (tertiary/aromatic N) is 3. The summed E-state index contributed by atoms with van der Waals surface area (Å²) in [5.74, 6) is 1.08. The van der Waals surface area contributed by atoms with Crippen molar-refractivity contribution in [1.29, 1.82) is 5.26 Å². The SMILES string of the molecule is CCOc1ccc(-n2c(-c3ccccc3)cnc2SCC(=O)NC(C)(C#N)C2CC2)cc1. The molecule has 0 spiro atoms. The molecule has 0 aliphatic heterocycles. The Kier molecular flexibility index (Phi) is 6.52. The molecule has 1 aliphatic carbocycles. The number of hydrogen-bond acceptors (Lipinski definition) is 5. The minimum absolute atomic E-state index is 0.159. The third kappa shape index (κ3) is 4.81. The van der Waals surface area contributed by atoms with E-state index >= 15 is 0 Å². The Morgan fingerprint density at radius 2 is 1.97 bits per heavy atom. The number of rotatable bonds is 9. The largest absolute Gasteiger partial charge is 0.494 e. The van der Waals surface area contributed by atoms with E-state index in [1.807, 2.05) is 79.2 Å². The lowest BCUT2D eigenvalue weighted by molar-refractivity contribution is -0.119. The van der Waals surface area contributed by atoms with Crippen LogP contribution in [0.2, 0.25) is 0 Å². The van der Waals surface area contributed by atoms with E-state index in [9.17, 15) is 10.1 Å². The van der Waals surface area contributed by atoms with Gasteiger partial charge in [0.05, 0.1) is 30.3 Å². The summed E-state index contributed by atoms with van der Waals surface area (Å²) < 4.78 is 7.62. The standard InChI is InChI=1S/C25H26N4O2S/c1-3-31-21-13-11-20(12-14-21)29-22(18-7-5-4-6-8-18)15-27-24(29)32-16-23(30)28-25(2,17-26)19-9-10-19/h4-8,11-15,19H,3,9-10,16H2,1-2H3,(H,28,30). The van der Waals surface area contributed by atoms with E-state index in [4.69, 9.17) is 4.74 Å². The van der Waals surface area contributed by atoms with Crippen LogP contribution in [0.1, 0.15) is 26.7 Å². The topological polar surface area (TPSA) is 79.9 Å². The Labute approximate surface area is 192 Å². The molecule has 0 bridgehead atoms. The van der Waals surface area contributed by atoms with Crippen molar-refractivity contribution >= 4 is 17.7 Å². The summed E-state index contributed by atoms with van der Waals surface area (Å²) in [6.45, 7) is 4.37. The van der Waals surface area contributed by atoms with Gasteiger partial charge in [-0.1, -0.05) is 42.1 Å². The van der Waals surface area contributed by atoms with Crippen LogP contribution in [-0.2, 0) is 4.79 Å². The fourth-order valence-corrected chi connectivity index (χ4v) is 4.49. The molecule has 2 aromatic carbocycles. The van der Waals surface area contributed by atoms with Gasteiger partial charge in [0.1, 0.15) is 11.3 Å². The Morgan fingerprint density at radius 3 is 2.59 bits per heavy atom. The van der Waals surface area contributed by atoms with Crippen LogP contribution in [-0.4, -0.2) is 33.4 Å². The van der Waals surface area contributed by atoms with Crippen molar-refractivity contribution in [2.24, 2.45) is 5.92 Å². The zero-order valence-corrected chi connectivity index (χ0v) is 19.1. The molecule has 1 fully saturated rings. The van der Waals surface area contributed by atoms with E-state index in [2.05, 4.69) is 16.4 Å². The van der Waals surface area contributed by atoms with Crippen LogP contribution in [0, 0.1) is 17.2 Å². The molecule has 0 radical (unpaired) electrons. The molecule has 1 atom stereocenters. The van der Waals surface area contributed by atoms with Crippen LogP contribution in [0.5, 0.6) is 5.75 Å². The summed E-state index contributed by atoms with van der Waals surface area (Å²) in [6, 6.07) is 20.2. The first-order valence-electron chi connectivity index (χ1n) is 10.8. The van der Waals surface area contributed by atoms with E-state index in [-0.39, 0.29) is 17.6 Å². The quantitative estimate of drug-likeness (QED) is 0.476. The number of carbonyl (C=O) groups is 1. The molecule has 1 N–H and O–H groups in total. The maximum atomic E-state index is 12.6. The van der Waals surface area contributed by atoms with Crippen molar-refractivity contribution in [2.45, 2.75) is 37.4 Å². The number of nitrogens with one attached hydrogen (secondary N) is 1. The van der Waals surface area contributed by atoms with Crippen molar-refractivity contribution in [3.05, 3.63) is 60.8 Å². The summed E-state index contributed by atoms with van der Waals surface area (Å²) in [7, 11) is 0. The number of imidazole rings is 1. The molecule has 1 heterocycles. The number of nitriles is 1. The van der Waals surface area contributed by atoms with Crippen LogP contribution < -0.4 is 10.1 Å². The van der Waals surface area contributed by atoms with Gasteiger partial charge in [0.15, 0.2) is 5.16 Å². The second-order valence-corrected chi connectivity index (χ2v) is 8.92. The highest BCUT2D eigenvalue weighted by Crippen LogP contribution is 2.39. The molecule has 1 unspecified atom stereocenters. The van der Waals surface area contributed by atoms with Crippen LogP contribution in [0.4, 0.5) is 0 Å². The lowest BCUT2D eigenvalue weighted by atomic mass is 9.98. The lowest BCUT2D eigenvalue weighted by Gasteiger charge is -2.22. The van der Waals surface area contributed by atoms with Crippen molar-refractivity contribution in [2.75, 3.05) is 12.4 Å². The molecule has 1 aliphatic rings. The van der Waals surface area contributed by atoms with E-state index in [0.717, 1.165) is 35.5 Å². The fraction of sp³-hybridized carbons (Fsp3) is 0.320. The number of thioether (sulfide) groups is 1. The fourth-order valence-electron chi connectivity index (χ4n) is 3.69. The number of aromatic nitrogens is 2. The molecule has 32 heavy (non-hydrogen) atoms. The lowest BCUT2D eigenvalue weighted by Crippen LogP contribution is -2.47. The highest BCUT2D eigenvalue weighted by Gasteiger charge is 2.43. The molecular formula is C25H26N4O2S. The first-order valence-corrected chi connectivity index (χ1v) is 11.7. The van der Waals surface area contributed by atoms with Gasteiger partial charge < -0.3 is 10.1 Å². The molecule has 3 aromatic rings. The third-order valence-corrected chi connectivity index (χ3v) is 6.52. The highest BCUT2D eigenvalue weighted by atomic mass is 32.2. The van der Waals surface area contributed by atoms with Gasteiger partial charge in [-0.25, -0.2) is 4.98 Å². The molecule has 1 aromatic heterocycles. The van der Waals surface area contributed by atoms with Gasteiger partial charge in [-0.15, -0.1) is 0 Å². The average molecular weight is 447 g/mol. The Bertz CT molecular complexity index is 1120. The van der Waals surface area contributed by atoms with Gasteiger partial charge in [0.2, 0.25) is 5.91 Å². The summed E-state index contributed by atoms with van der Waals surface area (Å²) >= 11 is 1.36. The normalized spacial score (nSPS) is 14.9. The molecular weight excluding hydrogens is 420 g/mol. The Balaban J connectivity index is 1.58. The van der Waals surface area contributed by atoms with E-state index in [1.165, 1.54) is 11.8 Å². The molecule has 7 heteroatoms. The summed E-state index contributed by atoms with van der Waals surface area (Å²) in [5, 5.41) is 13.2. The van der Waals surface area contributed by atoms with Gasteiger partial charge in [-0.2, -0.15) is 5.26 Å². The average Bonchev–Trinajstić information content (AvgIpc) is 3.60. The maximum Gasteiger partial charge on any atom is 0.231 e. The summed E-state index contributed by atoms with van der Waals surface area (Å²) in [4.78, 5) is 17.2. The third-order valence-electron chi connectivity index (χ3n) is 5.56. The smallest absolute Gasteiger partial charge is 0.231 e. The second kappa shape index (κ2) is 9.49. The van der Waals surface area contributed by atoms with Gasteiger partial charge in [-0.3, -0.25) is 9.36 Å². The first-order chi connectivity index (χ1) is 15.5. The number of ether oxygens (including phenoxy) is 1. The van der Waals surface area contributed by atoms with E-state index in [1.54, 1.807) is 0 Å². The van der Waals surface area contributed by atoms with Crippen LogP contribution >= 0.6 is 11.8 Å². The highest BCUT2D eigenvalue weighted by molar-refractivity contribution is 7.99. The second-order valence-electron chi connectivity index (χ2n) is 7.98. The van der Waals surface area contributed by atoms with E-state index < -0.39 is 5.54 Å². The molecule has 6 nitrogen and oxygen atoms in total. The number of amides is 1. The summed E-state index contributed by atoms with van der Waals surface area (Å²) in [5.41, 5.74) is 2.12. The van der Waals surface area contributed by atoms with Crippen LogP contribution in [0.25, 0.3) is 16.9 Å². The van der Waals surface area contributed by atoms with Crippen molar-refractivity contribution in [3.8, 4) is 28.8 Å². The molecule has 0 saturated heterocycles. The van der Waals surface area contributed by atoms with Crippen LogP contribution in [0.3, 0.4) is 0 Å². The number of carbonyl (C=O) groups excluding carboxylic acids is 1. The molecule has 164 valence electrons. The van der Waals surface area contributed by atoms with E-state index in [0.29, 0.717) is 11.8 Å². The van der Waals surface area contributed by atoms with Gasteiger partial charge >= 0.3 is 0 Å². The van der Waals surface area contributed by atoms with Crippen LogP contribution in [0.15, 0.2) is 66.0 Å². The number of hydrogen-bond donors (Lipinski definition) is 1. The molecule has 1 amide bonds. The molecule has 1 saturated carbocycles. The van der Waals surface area contributed by atoms with Gasteiger partial charge in [0.25, 0.3) is 0 Å². The zero-order chi connectivity index (χ0) is 22.6. The minimum atomic E-state index is -0.794. The van der Waals surface area contributed by atoms with Gasteiger partial charge in [-0.05, 0) is 56.9 Å². The predicted octanol–water partition coefficient (Wildman–Crippen LogP) is 4.84. The van der Waals surface area contributed by atoms with Gasteiger partial charge in [0, 0.05) is 11.3 Å². The maximum absolute atomic E-state index is 12.6. The molecule has 4 rings (SSSR count). The predicted molar refractivity (Wildman–Crippen MR) is 126 cm³/mol. The van der Waals surface area contributed by atoms with Crippen molar-refractivity contribution < 1.29 is 9.53 Å².